The van der Waals surface area contributed by atoms with E-state index in [0.717, 1.165) is 32.5 Å². The molecule has 2 aliphatic heterocycles. The zero-order valence-corrected chi connectivity index (χ0v) is 15.8. The number of hydrogen-bond acceptors (Lipinski definition) is 4. The summed E-state index contributed by atoms with van der Waals surface area (Å²) in [6.45, 7) is 3.33. The predicted molar refractivity (Wildman–Crippen MR) is 105 cm³/mol. The molecule has 144 valence electrons. The Morgan fingerprint density at radius 2 is 1.68 bits per heavy atom. The SMILES string of the molecule is O=C1C=CC=C2[C@H]3C[C@H](C[C@@H]12)CN(CCCN1C(=O)c2ccccc2C1=O)C3. The molecule has 0 radical (unpaired) electrons. The second kappa shape index (κ2) is 6.82. The number of nitrogens with zero attached hydrogens (tertiary/aromatic N) is 2. The molecular formula is C23H24N2O3. The summed E-state index contributed by atoms with van der Waals surface area (Å²) >= 11 is 0. The van der Waals surface area contributed by atoms with Gasteiger partial charge in [-0.05, 0) is 55.9 Å². The highest BCUT2D eigenvalue weighted by molar-refractivity contribution is 6.21. The number of benzene rings is 1. The Balaban J connectivity index is 1.20. The third-order valence-electron chi connectivity index (χ3n) is 6.68. The van der Waals surface area contributed by atoms with Gasteiger partial charge in [0, 0.05) is 25.6 Å². The minimum atomic E-state index is -0.170. The average Bonchev–Trinajstić information content (AvgIpc) is 2.94. The summed E-state index contributed by atoms with van der Waals surface area (Å²) < 4.78 is 0. The molecule has 2 amide bonds. The van der Waals surface area contributed by atoms with Crippen molar-refractivity contribution in [1.82, 2.24) is 9.80 Å². The molecule has 0 unspecified atom stereocenters. The van der Waals surface area contributed by atoms with Crippen LogP contribution >= 0.6 is 0 Å². The van der Waals surface area contributed by atoms with Crippen molar-refractivity contribution in [3.05, 3.63) is 59.2 Å². The number of hydrogen-bond donors (Lipinski definition) is 0. The minimum absolute atomic E-state index is 0.106. The second-order valence-electron chi connectivity index (χ2n) is 8.44. The fraction of sp³-hybridized carbons (Fsp3) is 0.435. The normalized spacial score (nSPS) is 29.0. The van der Waals surface area contributed by atoms with Gasteiger partial charge in [-0.25, -0.2) is 0 Å². The maximum absolute atomic E-state index is 12.5. The van der Waals surface area contributed by atoms with Gasteiger partial charge in [-0.15, -0.1) is 0 Å². The van der Waals surface area contributed by atoms with Gasteiger partial charge in [0.1, 0.15) is 0 Å². The number of piperidine rings is 1. The van der Waals surface area contributed by atoms with Crippen LogP contribution in [0.2, 0.25) is 0 Å². The minimum Gasteiger partial charge on any atom is -0.302 e. The molecule has 1 aromatic carbocycles. The summed E-state index contributed by atoms with van der Waals surface area (Å²) in [5.41, 5.74) is 2.36. The van der Waals surface area contributed by atoms with E-state index in [1.54, 1.807) is 30.3 Å². The van der Waals surface area contributed by atoms with E-state index in [0.29, 0.717) is 29.5 Å². The van der Waals surface area contributed by atoms with E-state index >= 15 is 0 Å². The lowest BCUT2D eigenvalue weighted by atomic mass is 9.66. The molecule has 1 saturated heterocycles. The Morgan fingerprint density at radius 1 is 0.929 bits per heavy atom. The largest absolute Gasteiger partial charge is 0.302 e. The van der Waals surface area contributed by atoms with Gasteiger partial charge >= 0.3 is 0 Å². The molecule has 3 atom stereocenters. The molecule has 0 aromatic heterocycles. The highest BCUT2D eigenvalue weighted by Crippen LogP contribution is 2.43. The Morgan fingerprint density at radius 3 is 2.43 bits per heavy atom. The fourth-order valence-electron chi connectivity index (χ4n) is 5.45. The number of amides is 2. The van der Waals surface area contributed by atoms with Crippen molar-refractivity contribution < 1.29 is 14.4 Å². The number of fused-ring (bicyclic) bond motifs is 5. The highest BCUT2D eigenvalue weighted by atomic mass is 16.2. The molecule has 1 saturated carbocycles. The Labute approximate surface area is 164 Å². The lowest BCUT2D eigenvalue weighted by Gasteiger charge is -2.46. The van der Waals surface area contributed by atoms with Gasteiger partial charge in [-0.2, -0.15) is 0 Å². The molecule has 2 heterocycles. The molecule has 5 heteroatoms. The van der Waals surface area contributed by atoms with Crippen LogP contribution < -0.4 is 0 Å². The third-order valence-corrected chi connectivity index (χ3v) is 6.68. The smallest absolute Gasteiger partial charge is 0.261 e. The standard InChI is InChI=1S/C23H24N2O3/c26-21-8-3-7-17-16-11-15(12-20(17)21)13-24(14-16)9-4-10-25-22(27)18-5-1-2-6-19(18)23(25)28/h1-3,5-8,15-16,20H,4,9-14H2/t15-,16+,20-/m1/s1. The highest BCUT2D eigenvalue weighted by Gasteiger charge is 2.41. The van der Waals surface area contributed by atoms with Crippen molar-refractivity contribution in [1.29, 1.82) is 0 Å². The molecule has 4 aliphatic rings. The van der Waals surface area contributed by atoms with Gasteiger partial charge in [0.15, 0.2) is 5.78 Å². The van der Waals surface area contributed by atoms with E-state index in [1.807, 2.05) is 6.08 Å². The van der Waals surface area contributed by atoms with Gasteiger partial charge in [0.05, 0.1) is 11.1 Å². The van der Waals surface area contributed by atoms with Crippen LogP contribution in [-0.2, 0) is 4.79 Å². The molecule has 28 heavy (non-hydrogen) atoms. The van der Waals surface area contributed by atoms with E-state index in [9.17, 15) is 14.4 Å². The molecule has 2 aliphatic carbocycles. The lowest BCUT2D eigenvalue weighted by molar-refractivity contribution is -0.119. The van der Waals surface area contributed by atoms with Crippen molar-refractivity contribution in [2.24, 2.45) is 17.8 Å². The Kier molecular flexibility index (Phi) is 4.27. The van der Waals surface area contributed by atoms with Crippen molar-refractivity contribution >= 4 is 17.6 Å². The van der Waals surface area contributed by atoms with Crippen molar-refractivity contribution in [2.45, 2.75) is 19.3 Å². The maximum Gasteiger partial charge on any atom is 0.261 e. The van der Waals surface area contributed by atoms with Gasteiger partial charge in [-0.3, -0.25) is 19.3 Å². The first kappa shape index (κ1) is 17.6. The summed E-state index contributed by atoms with van der Waals surface area (Å²) in [6, 6.07) is 7.05. The molecule has 2 bridgehead atoms. The predicted octanol–water partition coefficient (Wildman–Crippen LogP) is 2.70. The zero-order chi connectivity index (χ0) is 19.3. The maximum atomic E-state index is 12.5. The van der Waals surface area contributed by atoms with E-state index in [2.05, 4.69) is 11.0 Å². The van der Waals surface area contributed by atoms with Crippen molar-refractivity contribution in [3.63, 3.8) is 0 Å². The van der Waals surface area contributed by atoms with Crippen molar-refractivity contribution in [2.75, 3.05) is 26.2 Å². The Bertz CT molecular complexity index is 881. The summed E-state index contributed by atoms with van der Waals surface area (Å²) in [5.74, 6) is 1.06. The number of carbonyl (C=O) groups is 3. The number of likely N-dealkylation sites (tertiary alicyclic amines) is 1. The van der Waals surface area contributed by atoms with E-state index in [-0.39, 0.29) is 23.5 Å². The topological polar surface area (TPSA) is 57.7 Å². The van der Waals surface area contributed by atoms with Gasteiger partial charge < -0.3 is 4.90 Å². The molecule has 5 nitrogen and oxygen atoms in total. The summed E-state index contributed by atoms with van der Waals surface area (Å²) in [7, 11) is 0. The molecular weight excluding hydrogens is 352 g/mol. The first-order valence-electron chi connectivity index (χ1n) is 10.2. The molecule has 1 aromatic rings. The summed E-state index contributed by atoms with van der Waals surface area (Å²) in [4.78, 5) is 41.0. The van der Waals surface area contributed by atoms with Crippen LogP contribution in [0.5, 0.6) is 0 Å². The number of rotatable bonds is 4. The number of imide groups is 1. The molecule has 5 rings (SSSR count). The fourth-order valence-corrected chi connectivity index (χ4v) is 5.45. The van der Waals surface area contributed by atoms with Gasteiger partial charge in [0.2, 0.25) is 0 Å². The first-order valence-corrected chi connectivity index (χ1v) is 10.2. The number of ketones is 1. The second-order valence-corrected chi connectivity index (χ2v) is 8.44. The quantitative estimate of drug-likeness (QED) is 0.758. The number of allylic oxidation sites excluding steroid dienone is 3. The molecule has 0 N–H and O–H groups in total. The van der Waals surface area contributed by atoms with E-state index < -0.39 is 0 Å². The van der Waals surface area contributed by atoms with E-state index in [4.69, 9.17) is 0 Å². The molecule has 2 fully saturated rings. The van der Waals surface area contributed by atoms with E-state index in [1.165, 1.54) is 16.9 Å². The average molecular weight is 376 g/mol. The number of carbonyl (C=O) groups excluding carboxylic acids is 3. The zero-order valence-electron chi connectivity index (χ0n) is 15.8. The first-order chi connectivity index (χ1) is 13.6. The summed E-state index contributed by atoms with van der Waals surface area (Å²) in [6.07, 6.45) is 8.69. The van der Waals surface area contributed by atoms with Crippen LogP contribution in [0.3, 0.4) is 0 Å². The van der Waals surface area contributed by atoms with Crippen LogP contribution in [0, 0.1) is 17.8 Å². The van der Waals surface area contributed by atoms with Crippen LogP contribution in [0.25, 0.3) is 0 Å². The monoisotopic (exact) mass is 376 g/mol. The van der Waals surface area contributed by atoms with Crippen LogP contribution in [0.1, 0.15) is 40.0 Å². The third kappa shape index (κ3) is 2.85. The molecule has 0 spiro atoms. The van der Waals surface area contributed by atoms with Crippen LogP contribution in [-0.4, -0.2) is 53.6 Å². The lowest BCUT2D eigenvalue weighted by Crippen LogP contribution is -2.47. The van der Waals surface area contributed by atoms with Crippen LogP contribution in [0.4, 0.5) is 0 Å². The summed E-state index contributed by atoms with van der Waals surface area (Å²) in [5, 5.41) is 0. The van der Waals surface area contributed by atoms with Gasteiger partial charge in [-0.1, -0.05) is 29.9 Å². The van der Waals surface area contributed by atoms with Crippen LogP contribution in [0.15, 0.2) is 48.1 Å². The van der Waals surface area contributed by atoms with Crippen molar-refractivity contribution in [3.8, 4) is 0 Å². The van der Waals surface area contributed by atoms with Gasteiger partial charge in [0.25, 0.3) is 11.8 Å². The Hall–Kier alpha value is -2.53.